The molecular formula is C21H19ClN4O3S. The lowest BCUT2D eigenvalue weighted by molar-refractivity contribution is -0.116. The van der Waals surface area contributed by atoms with Crippen molar-refractivity contribution in [1.29, 1.82) is 0 Å². The van der Waals surface area contributed by atoms with Crippen molar-refractivity contribution >= 4 is 45.1 Å². The molecule has 0 aliphatic rings. The molecule has 1 N–H and O–H groups in total. The first-order valence-electron chi connectivity index (χ1n) is 9.43. The molecule has 2 aromatic heterocycles. The Bertz CT molecular complexity index is 1260. The molecule has 0 atom stereocenters. The predicted octanol–water partition coefficient (Wildman–Crippen LogP) is 4.92. The van der Waals surface area contributed by atoms with Crippen molar-refractivity contribution in [3.8, 4) is 10.6 Å². The molecule has 0 saturated heterocycles. The highest BCUT2D eigenvalue weighted by Gasteiger charge is 2.13. The first-order valence-corrected chi connectivity index (χ1v) is 10.6. The van der Waals surface area contributed by atoms with E-state index >= 15 is 0 Å². The van der Waals surface area contributed by atoms with Crippen LogP contribution in [0, 0.1) is 0 Å². The van der Waals surface area contributed by atoms with Crippen molar-refractivity contribution < 1.29 is 9.21 Å². The quantitative estimate of drug-likeness (QED) is 0.457. The number of nitrogens with zero attached hydrogens (tertiary/aromatic N) is 3. The number of oxazole rings is 1. The van der Waals surface area contributed by atoms with Crippen molar-refractivity contribution in [3.63, 3.8) is 0 Å². The van der Waals surface area contributed by atoms with E-state index in [0.29, 0.717) is 27.2 Å². The lowest BCUT2D eigenvalue weighted by Crippen LogP contribution is -2.19. The second kappa shape index (κ2) is 8.41. The number of halogens is 1. The van der Waals surface area contributed by atoms with Crippen LogP contribution >= 0.6 is 22.9 Å². The number of hydrogen-bond acceptors (Lipinski definition) is 6. The molecule has 0 saturated carbocycles. The summed E-state index contributed by atoms with van der Waals surface area (Å²) in [6, 6.07) is 13.1. The van der Waals surface area contributed by atoms with Crippen LogP contribution in [0.5, 0.6) is 0 Å². The minimum Gasteiger partial charge on any atom is -0.408 e. The number of benzene rings is 2. The molecule has 4 aromatic rings. The van der Waals surface area contributed by atoms with Gasteiger partial charge in [-0.2, -0.15) is 0 Å². The van der Waals surface area contributed by atoms with E-state index in [1.807, 2.05) is 12.1 Å². The van der Waals surface area contributed by atoms with E-state index in [9.17, 15) is 9.59 Å². The van der Waals surface area contributed by atoms with E-state index in [0.717, 1.165) is 10.6 Å². The van der Waals surface area contributed by atoms with Crippen LogP contribution in [0.15, 0.2) is 51.7 Å². The van der Waals surface area contributed by atoms with Gasteiger partial charge in [0.05, 0.1) is 5.52 Å². The molecule has 2 aromatic carbocycles. The molecule has 7 nitrogen and oxygen atoms in total. The summed E-state index contributed by atoms with van der Waals surface area (Å²) in [5.74, 6) is -0.327. The van der Waals surface area contributed by atoms with Crippen LogP contribution in [0.3, 0.4) is 0 Å². The number of rotatable bonds is 6. The van der Waals surface area contributed by atoms with E-state index in [2.05, 4.69) is 41.5 Å². The number of aromatic nitrogens is 3. The number of hydrogen-bond donors (Lipinski definition) is 1. The van der Waals surface area contributed by atoms with Gasteiger partial charge in [-0.3, -0.25) is 9.36 Å². The predicted molar refractivity (Wildman–Crippen MR) is 118 cm³/mol. The first kappa shape index (κ1) is 20.3. The molecule has 4 rings (SSSR count). The number of carbonyl (C=O) groups excluding carboxylic acids is 1. The topological polar surface area (TPSA) is 90.0 Å². The molecule has 0 bridgehead atoms. The van der Waals surface area contributed by atoms with E-state index in [1.54, 1.807) is 18.2 Å². The third kappa shape index (κ3) is 4.29. The van der Waals surface area contributed by atoms with Crippen molar-refractivity contribution in [3.05, 3.63) is 63.6 Å². The van der Waals surface area contributed by atoms with Crippen LogP contribution < -0.4 is 11.1 Å². The van der Waals surface area contributed by atoms with Crippen molar-refractivity contribution in [2.24, 2.45) is 0 Å². The zero-order valence-corrected chi connectivity index (χ0v) is 18.0. The van der Waals surface area contributed by atoms with Crippen molar-refractivity contribution in [1.82, 2.24) is 14.8 Å². The first-order chi connectivity index (χ1) is 14.4. The summed E-state index contributed by atoms with van der Waals surface area (Å²) < 4.78 is 6.59. The molecule has 0 aliphatic heterocycles. The molecule has 0 aliphatic carbocycles. The normalized spacial score (nSPS) is 11.3. The monoisotopic (exact) mass is 442 g/mol. The Kier molecular flexibility index (Phi) is 5.69. The molecule has 1 amide bonds. The van der Waals surface area contributed by atoms with E-state index in [1.165, 1.54) is 21.5 Å². The Morgan fingerprint density at radius 1 is 1.20 bits per heavy atom. The van der Waals surface area contributed by atoms with Gasteiger partial charge in [0.2, 0.25) is 11.0 Å². The van der Waals surface area contributed by atoms with Gasteiger partial charge >= 0.3 is 5.76 Å². The van der Waals surface area contributed by atoms with Crippen LogP contribution in [-0.4, -0.2) is 20.7 Å². The highest BCUT2D eigenvalue weighted by Crippen LogP contribution is 2.28. The minimum absolute atomic E-state index is 0.0924. The molecule has 0 unspecified atom stereocenters. The zero-order valence-electron chi connectivity index (χ0n) is 16.4. The number of aryl methyl sites for hydroxylation is 1. The van der Waals surface area contributed by atoms with Crippen molar-refractivity contribution in [2.75, 3.05) is 5.32 Å². The Balaban J connectivity index is 1.40. The Morgan fingerprint density at radius 2 is 1.97 bits per heavy atom. The van der Waals surface area contributed by atoms with Crippen molar-refractivity contribution in [2.45, 2.75) is 32.7 Å². The maximum Gasteiger partial charge on any atom is 0.419 e. The Morgan fingerprint density at radius 3 is 2.70 bits per heavy atom. The molecule has 154 valence electrons. The second-order valence-electron chi connectivity index (χ2n) is 7.12. The standard InChI is InChI=1S/C21H19ClN4O3S/c1-12(2)13-3-5-14(6-4-13)19-24-25-20(30-19)23-18(27)9-10-26-16-8-7-15(22)11-17(16)29-21(26)28/h3-8,11-12H,9-10H2,1-2H3,(H,23,25,27). The van der Waals surface area contributed by atoms with E-state index < -0.39 is 5.76 Å². The van der Waals surface area contributed by atoms with E-state index in [4.69, 9.17) is 16.0 Å². The third-order valence-corrected chi connectivity index (χ3v) is 5.81. The fourth-order valence-corrected chi connectivity index (χ4v) is 3.98. The van der Waals surface area contributed by atoms with Crippen LogP contribution in [0.2, 0.25) is 5.02 Å². The maximum absolute atomic E-state index is 12.3. The molecule has 0 fully saturated rings. The van der Waals surface area contributed by atoms with Crippen LogP contribution in [0.1, 0.15) is 31.7 Å². The van der Waals surface area contributed by atoms with Gasteiger partial charge in [-0.05, 0) is 23.6 Å². The maximum atomic E-state index is 12.3. The molecule has 0 spiro atoms. The number of nitrogens with one attached hydrogen (secondary N) is 1. The number of amides is 1. The fourth-order valence-electron chi connectivity index (χ4n) is 3.05. The molecular weight excluding hydrogens is 424 g/mol. The molecule has 0 radical (unpaired) electrons. The van der Waals surface area contributed by atoms with Gasteiger partial charge in [0, 0.05) is 29.6 Å². The second-order valence-corrected chi connectivity index (χ2v) is 8.53. The zero-order chi connectivity index (χ0) is 21.3. The summed E-state index contributed by atoms with van der Waals surface area (Å²) >= 11 is 7.22. The van der Waals surface area contributed by atoms with Gasteiger partial charge in [-0.25, -0.2) is 4.79 Å². The molecule has 2 heterocycles. The summed E-state index contributed by atoms with van der Waals surface area (Å²) in [6.07, 6.45) is 0.0924. The fraction of sp³-hybridized carbons (Fsp3) is 0.238. The van der Waals surface area contributed by atoms with Gasteiger partial charge in [0.1, 0.15) is 5.01 Å². The summed E-state index contributed by atoms with van der Waals surface area (Å²) in [4.78, 5) is 24.4. The van der Waals surface area contributed by atoms with Gasteiger partial charge in [0.15, 0.2) is 5.58 Å². The highest BCUT2D eigenvalue weighted by atomic mass is 35.5. The third-order valence-electron chi connectivity index (χ3n) is 4.69. The summed E-state index contributed by atoms with van der Waals surface area (Å²) in [6.45, 7) is 4.47. The van der Waals surface area contributed by atoms with Gasteiger partial charge in [0.25, 0.3) is 0 Å². The Hall–Kier alpha value is -2.97. The van der Waals surface area contributed by atoms with E-state index in [-0.39, 0.29) is 18.9 Å². The average molecular weight is 443 g/mol. The lowest BCUT2D eigenvalue weighted by atomic mass is 10.0. The van der Waals surface area contributed by atoms with Crippen LogP contribution in [0.25, 0.3) is 21.7 Å². The summed E-state index contributed by atoms with van der Waals surface area (Å²) in [5, 5.41) is 12.6. The minimum atomic E-state index is -0.525. The molecule has 9 heteroatoms. The summed E-state index contributed by atoms with van der Waals surface area (Å²) in [7, 11) is 0. The largest absolute Gasteiger partial charge is 0.419 e. The lowest BCUT2D eigenvalue weighted by Gasteiger charge is -2.05. The highest BCUT2D eigenvalue weighted by molar-refractivity contribution is 7.18. The number of carbonyl (C=O) groups is 1. The SMILES string of the molecule is CC(C)c1ccc(-c2nnc(NC(=O)CCn3c(=O)oc4cc(Cl)ccc43)s2)cc1. The van der Waals surface area contributed by atoms with Gasteiger partial charge in [-0.15, -0.1) is 10.2 Å². The smallest absolute Gasteiger partial charge is 0.408 e. The number of anilines is 1. The van der Waals surface area contributed by atoms with Crippen LogP contribution in [-0.2, 0) is 11.3 Å². The van der Waals surface area contributed by atoms with Gasteiger partial charge in [-0.1, -0.05) is 61.1 Å². The number of fused-ring (bicyclic) bond motifs is 1. The Labute approximate surface area is 181 Å². The average Bonchev–Trinajstić information content (AvgIpc) is 3.29. The molecule has 30 heavy (non-hydrogen) atoms. The van der Waals surface area contributed by atoms with Crippen LogP contribution in [0.4, 0.5) is 5.13 Å². The summed E-state index contributed by atoms with van der Waals surface area (Å²) in [5.41, 5.74) is 3.19. The van der Waals surface area contributed by atoms with Gasteiger partial charge < -0.3 is 9.73 Å².